The molecule has 90 valence electrons. The van der Waals surface area contributed by atoms with Gasteiger partial charge in [0.2, 0.25) is 5.91 Å². The molecule has 0 aromatic rings. The second-order valence-corrected chi connectivity index (χ2v) is 6.61. The van der Waals surface area contributed by atoms with Crippen LogP contribution in [0.25, 0.3) is 0 Å². The Bertz CT molecular complexity index is 303. The summed E-state index contributed by atoms with van der Waals surface area (Å²) in [5.74, 6) is 4.16. The molecule has 0 N–H and O–H groups in total. The second kappa shape index (κ2) is 3.72. The van der Waals surface area contributed by atoms with Crippen LogP contribution in [0.4, 0.5) is 0 Å². The summed E-state index contributed by atoms with van der Waals surface area (Å²) in [7, 11) is 1.96. The van der Waals surface area contributed by atoms with Gasteiger partial charge in [-0.2, -0.15) is 0 Å². The number of rotatable bonds is 3. The highest BCUT2D eigenvalue weighted by atomic mass is 79.9. The van der Waals surface area contributed by atoms with Gasteiger partial charge in [0.05, 0.1) is 0 Å². The molecule has 2 nitrogen and oxygen atoms in total. The van der Waals surface area contributed by atoms with Crippen LogP contribution in [0.1, 0.15) is 26.2 Å². The number of halogens is 1. The van der Waals surface area contributed by atoms with Gasteiger partial charge in [0.15, 0.2) is 0 Å². The van der Waals surface area contributed by atoms with Crippen molar-refractivity contribution in [1.82, 2.24) is 4.90 Å². The molecular formula is C13H20BrNO. The summed E-state index contributed by atoms with van der Waals surface area (Å²) in [6.07, 6.45) is 4.22. The van der Waals surface area contributed by atoms with Crippen LogP contribution in [0.3, 0.4) is 0 Å². The van der Waals surface area contributed by atoms with E-state index in [1.807, 2.05) is 11.9 Å². The van der Waals surface area contributed by atoms with Gasteiger partial charge in [-0.15, -0.1) is 0 Å². The molecule has 3 aliphatic carbocycles. The molecule has 0 radical (unpaired) electrons. The first-order valence-corrected chi connectivity index (χ1v) is 7.60. The van der Waals surface area contributed by atoms with Gasteiger partial charge in [-0.05, 0) is 49.9 Å². The number of amides is 1. The van der Waals surface area contributed by atoms with E-state index in [-0.39, 0.29) is 0 Å². The van der Waals surface area contributed by atoms with Gasteiger partial charge in [-0.3, -0.25) is 4.79 Å². The Kier molecular flexibility index (Phi) is 2.58. The van der Waals surface area contributed by atoms with E-state index >= 15 is 0 Å². The standard InChI is InChI=1S/C13H20BrNO/c1-7(6-14)15(2)13(16)12-10-8-3-4-9(5-8)11(10)12/h7-12H,3-6H2,1-2H3. The Hall–Kier alpha value is -0.0500. The van der Waals surface area contributed by atoms with Gasteiger partial charge >= 0.3 is 0 Å². The number of carbonyl (C=O) groups excluding carboxylic acids is 1. The average molecular weight is 286 g/mol. The Balaban J connectivity index is 1.66. The molecule has 3 rings (SSSR count). The van der Waals surface area contributed by atoms with Gasteiger partial charge in [0.1, 0.15) is 0 Å². The predicted octanol–water partition coefficient (Wildman–Crippen LogP) is 2.52. The van der Waals surface area contributed by atoms with Crippen LogP contribution < -0.4 is 0 Å². The number of nitrogens with zero attached hydrogens (tertiary/aromatic N) is 1. The van der Waals surface area contributed by atoms with Crippen molar-refractivity contribution in [3.63, 3.8) is 0 Å². The topological polar surface area (TPSA) is 20.3 Å². The first-order chi connectivity index (χ1) is 7.65. The highest BCUT2D eigenvalue weighted by Crippen LogP contribution is 2.69. The van der Waals surface area contributed by atoms with E-state index in [1.54, 1.807) is 0 Å². The summed E-state index contributed by atoms with van der Waals surface area (Å²) < 4.78 is 0. The van der Waals surface area contributed by atoms with Gasteiger partial charge in [-0.1, -0.05) is 15.9 Å². The molecule has 0 heterocycles. The molecule has 16 heavy (non-hydrogen) atoms. The molecule has 0 spiro atoms. The summed E-state index contributed by atoms with van der Waals surface area (Å²) in [6, 6.07) is 0.325. The van der Waals surface area contributed by atoms with Gasteiger partial charge in [0.25, 0.3) is 0 Å². The van der Waals surface area contributed by atoms with E-state index < -0.39 is 0 Å². The van der Waals surface area contributed by atoms with Crippen LogP contribution in [-0.2, 0) is 4.79 Å². The molecule has 3 saturated carbocycles. The minimum absolute atomic E-state index is 0.325. The Morgan fingerprint density at radius 2 is 1.94 bits per heavy atom. The highest BCUT2D eigenvalue weighted by Gasteiger charge is 2.67. The molecule has 3 aliphatic rings. The van der Waals surface area contributed by atoms with Crippen molar-refractivity contribution in [2.24, 2.45) is 29.6 Å². The second-order valence-electron chi connectivity index (χ2n) is 5.97. The van der Waals surface area contributed by atoms with E-state index in [9.17, 15) is 4.79 Å². The van der Waals surface area contributed by atoms with E-state index in [1.165, 1.54) is 19.3 Å². The Morgan fingerprint density at radius 3 is 2.44 bits per heavy atom. The van der Waals surface area contributed by atoms with Crippen LogP contribution in [0, 0.1) is 29.6 Å². The quantitative estimate of drug-likeness (QED) is 0.730. The van der Waals surface area contributed by atoms with Crippen molar-refractivity contribution >= 4 is 21.8 Å². The fraction of sp³-hybridized carbons (Fsp3) is 0.923. The molecule has 5 atom stereocenters. The average Bonchev–Trinajstić information content (AvgIpc) is 2.74. The molecule has 0 aliphatic heterocycles. The zero-order chi connectivity index (χ0) is 11.4. The number of hydrogen-bond donors (Lipinski definition) is 0. The van der Waals surface area contributed by atoms with E-state index in [2.05, 4.69) is 22.9 Å². The zero-order valence-corrected chi connectivity index (χ0v) is 11.6. The van der Waals surface area contributed by atoms with Crippen molar-refractivity contribution < 1.29 is 4.79 Å². The lowest BCUT2D eigenvalue weighted by Gasteiger charge is -2.24. The fourth-order valence-electron chi connectivity index (χ4n) is 4.21. The van der Waals surface area contributed by atoms with E-state index in [4.69, 9.17) is 0 Å². The Labute approximate surface area is 106 Å². The number of alkyl halides is 1. The monoisotopic (exact) mass is 285 g/mol. The van der Waals surface area contributed by atoms with E-state index in [0.29, 0.717) is 17.9 Å². The van der Waals surface area contributed by atoms with Crippen molar-refractivity contribution in [3.8, 4) is 0 Å². The molecular weight excluding hydrogens is 266 g/mol. The molecule has 5 unspecified atom stereocenters. The first kappa shape index (κ1) is 11.1. The summed E-state index contributed by atoms with van der Waals surface area (Å²) in [5.41, 5.74) is 0. The van der Waals surface area contributed by atoms with Crippen LogP contribution in [-0.4, -0.2) is 29.2 Å². The minimum Gasteiger partial charge on any atom is -0.342 e. The molecule has 0 aromatic heterocycles. The highest BCUT2D eigenvalue weighted by molar-refractivity contribution is 9.09. The summed E-state index contributed by atoms with van der Waals surface area (Å²) in [6.45, 7) is 2.11. The third-order valence-electron chi connectivity index (χ3n) is 5.25. The minimum atomic E-state index is 0.325. The lowest BCUT2D eigenvalue weighted by atomic mass is 10.0. The molecule has 1 amide bonds. The summed E-state index contributed by atoms with van der Waals surface area (Å²) in [4.78, 5) is 14.3. The van der Waals surface area contributed by atoms with Crippen molar-refractivity contribution in [3.05, 3.63) is 0 Å². The smallest absolute Gasteiger partial charge is 0.226 e. The van der Waals surface area contributed by atoms with Crippen molar-refractivity contribution in [1.29, 1.82) is 0 Å². The fourth-order valence-corrected chi connectivity index (χ4v) is 4.65. The maximum atomic E-state index is 12.3. The molecule has 0 saturated heterocycles. The van der Waals surface area contributed by atoms with Crippen molar-refractivity contribution in [2.75, 3.05) is 12.4 Å². The molecule has 2 bridgehead atoms. The van der Waals surface area contributed by atoms with E-state index in [0.717, 1.165) is 29.0 Å². The molecule has 0 aromatic carbocycles. The Morgan fingerprint density at radius 1 is 1.38 bits per heavy atom. The maximum absolute atomic E-state index is 12.3. The third-order valence-corrected chi connectivity index (χ3v) is 6.19. The zero-order valence-electron chi connectivity index (χ0n) is 10.0. The van der Waals surface area contributed by atoms with Crippen LogP contribution in [0.2, 0.25) is 0 Å². The first-order valence-electron chi connectivity index (χ1n) is 6.47. The number of hydrogen-bond acceptors (Lipinski definition) is 1. The van der Waals surface area contributed by atoms with Crippen LogP contribution >= 0.6 is 15.9 Å². The van der Waals surface area contributed by atoms with Gasteiger partial charge < -0.3 is 4.90 Å². The van der Waals surface area contributed by atoms with Gasteiger partial charge in [0, 0.05) is 24.3 Å². The van der Waals surface area contributed by atoms with Crippen LogP contribution in [0.15, 0.2) is 0 Å². The van der Waals surface area contributed by atoms with Crippen LogP contribution in [0.5, 0.6) is 0 Å². The summed E-state index contributed by atoms with van der Waals surface area (Å²) >= 11 is 3.46. The molecule has 3 heteroatoms. The SMILES string of the molecule is CC(CBr)N(C)C(=O)C1C2C3CCC(C3)C12. The lowest BCUT2D eigenvalue weighted by Crippen LogP contribution is -2.38. The molecule has 3 fully saturated rings. The number of carbonyl (C=O) groups is 1. The normalized spacial score (nSPS) is 45.3. The lowest BCUT2D eigenvalue weighted by molar-refractivity contribution is -0.133. The number of fused-ring (bicyclic) bond motifs is 5. The summed E-state index contributed by atoms with van der Waals surface area (Å²) in [5, 5.41) is 0.879. The maximum Gasteiger partial charge on any atom is 0.226 e. The third kappa shape index (κ3) is 1.40. The largest absolute Gasteiger partial charge is 0.342 e. The predicted molar refractivity (Wildman–Crippen MR) is 67.3 cm³/mol. The van der Waals surface area contributed by atoms with Crippen molar-refractivity contribution in [2.45, 2.75) is 32.2 Å². The van der Waals surface area contributed by atoms with Gasteiger partial charge in [-0.25, -0.2) is 0 Å².